The molecule has 1 amide bonds. The highest BCUT2D eigenvalue weighted by Gasteiger charge is 2.13. The molecule has 132 valence electrons. The highest BCUT2D eigenvalue weighted by atomic mass is 35.5. The van der Waals surface area contributed by atoms with Gasteiger partial charge in [0.15, 0.2) is 0 Å². The summed E-state index contributed by atoms with van der Waals surface area (Å²) in [6, 6.07) is 11.4. The van der Waals surface area contributed by atoms with Crippen molar-refractivity contribution in [2.24, 2.45) is 0 Å². The zero-order valence-electron chi connectivity index (χ0n) is 13.6. The summed E-state index contributed by atoms with van der Waals surface area (Å²) >= 11 is 12.0. The number of carbonyl (C=O) groups is 2. The number of aromatic nitrogens is 2. The van der Waals surface area contributed by atoms with Crippen LogP contribution in [0.3, 0.4) is 0 Å². The van der Waals surface area contributed by atoms with E-state index in [1.807, 2.05) is 0 Å². The number of anilines is 1. The smallest absolute Gasteiger partial charge is 0.346 e. The van der Waals surface area contributed by atoms with E-state index in [0.29, 0.717) is 27.2 Å². The fourth-order valence-electron chi connectivity index (χ4n) is 2.20. The van der Waals surface area contributed by atoms with Crippen LogP contribution in [-0.4, -0.2) is 21.7 Å². The molecule has 0 atom stereocenters. The summed E-state index contributed by atoms with van der Waals surface area (Å²) in [4.78, 5) is 23.3. The molecule has 0 saturated carbocycles. The number of ether oxygens (including phenoxy) is 1. The molecule has 0 spiro atoms. The molecule has 3 aromatic rings. The second-order valence-electron chi connectivity index (χ2n) is 5.36. The number of hydrogen-bond acceptors (Lipinski definition) is 4. The number of benzene rings is 2. The van der Waals surface area contributed by atoms with Crippen molar-refractivity contribution in [1.82, 2.24) is 9.78 Å². The van der Waals surface area contributed by atoms with E-state index in [4.69, 9.17) is 27.9 Å². The van der Waals surface area contributed by atoms with E-state index in [0.717, 1.165) is 0 Å². The predicted molar refractivity (Wildman–Crippen MR) is 99.3 cm³/mol. The molecule has 0 radical (unpaired) electrons. The maximum Gasteiger partial charge on any atom is 0.346 e. The Kier molecular flexibility index (Phi) is 5.25. The van der Waals surface area contributed by atoms with Crippen LogP contribution < -0.4 is 10.1 Å². The summed E-state index contributed by atoms with van der Waals surface area (Å²) in [5.41, 5.74) is 1.47. The Balaban J connectivity index is 1.73. The fourth-order valence-corrected chi connectivity index (χ4v) is 2.70. The first-order valence-electron chi connectivity index (χ1n) is 7.52. The van der Waals surface area contributed by atoms with Gasteiger partial charge in [-0.1, -0.05) is 23.2 Å². The van der Waals surface area contributed by atoms with Gasteiger partial charge >= 0.3 is 5.97 Å². The van der Waals surface area contributed by atoms with E-state index in [1.165, 1.54) is 24.0 Å². The molecular weight excluding hydrogens is 377 g/mol. The van der Waals surface area contributed by atoms with E-state index in [2.05, 4.69) is 10.4 Å². The van der Waals surface area contributed by atoms with Crippen LogP contribution in [0.15, 0.2) is 54.9 Å². The van der Waals surface area contributed by atoms with E-state index < -0.39 is 5.97 Å². The molecule has 0 aliphatic heterocycles. The SMILES string of the molecule is CC(=O)Nc1ccc(OC(=O)c2cnn(-c3ccc(Cl)cc3Cl)c2)cc1. The van der Waals surface area contributed by atoms with Crippen LogP contribution in [0.1, 0.15) is 17.3 Å². The third kappa shape index (κ3) is 4.22. The summed E-state index contributed by atoms with van der Waals surface area (Å²) in [6.07, 6.45) is 2.90. The maximum absolute atomic E-state index is 12.3. The molecule has 0 bridgehead atoms. The molecule has 6 nitrogen and oxygen atoms in total. The quantitative estimate of drug-likeness (QED) is 0.531. The van der Waals surface area contributed by atoms with Gasteiger partial charge in [-0.25, -0.2) is 9.48 Å². The van der Waals surface area contributed by atoms with Crippen LogP contribution in [0.25, 0.3) is 5.69 Å². The van der Waals surface area contributed by atoms with E-state index >= 15 is 0 Å². The van der Waals surface area contributed by atoms with Gasteiger partial charge in [0.05, 0.1) is 22.5 Å². The number of nitrogens with zero attached hydrogens (tertiary/aromatic N) is 2. The van der Waals surface area contributed by atoms with Crippen molar-refractivity contribution in [2.75, 3.05) is 5.32 Å². The first kappa shape index (κ1) is 18.0. The van der Waals surface area contributed by atoms with Gasteiger partial charge in [0.1, 0.15) is 5.75 Å². The van der Waals surface area contributed by atoms with Gasteiger partial charge < -0.3 is 10.1 Å². The lowest BCUT2D eigenvalue weighted by Crippen LogP contribution is -2.08. The molecule has 0 saturated heterocycles. The monoisotopic (exact) mass is 389 g/mol. The average molecular weight is 390 g/mol. The van der Waals surface area contributed by atoms with Crippen molar-refractivity contribution in [1.29, 1.82) is 0 Å². The summed E-state index contributed by atoms with van der Waals surface area (Å²) in [7, 11) is 0. The standard InChI is InChI=1S/C18H13Cl2N3O3/c1-11(24)22-14-3-5-15(6-4-14)26-18(25)12-9-21-23(10-12)17-7-2-13(19)8-16(17)20/h2-10H,1H3,(H,22,24). The first-order valence-corrected chi connectivity index (χ1v) is 8.28. The van der Waals surface area contributed by atoms with E-state index in [-0.39, 0.29) is 11.5 Å². The number of amides is 1. The number of halogens is 2. The van der Waals surface area contributed by atoms with Gasteiger partial charge in [0.2, 0.25) is 5.91 Å². The summed E-state index contributed by atoms with van der Waals surface area (Å²) < 4.78 is 6.77. The second-order valence-corrected chi connectivity index (χ2v) is 6.21. The molecule has 1 heterocycles. The molecule has 0 aliphatic carbocycles. The Morgan fingerprint density at radius 3 is 2.50 bits per heavy atom. The second kappa shape index (κ2) is 7.59. The summed E-state index contributed by atoms with van der Waals surface area (Å²) in [5.74, 6) is -0.391. The van der Waals surface area contributed by atoms with Gasteiger partial charge in [-0.15, -0.1) is 0 Å². The molecule has 2 aromatic carbocycles. The van der Waals surface area contributed by atoms with E-state index in [1.54, 1.807) is 42.5 Å². The lowest BCUT2D eigenvalue weighted by atomic mass is 10.3. The minimum absolute atomic E-state index is 0.178. The molecule has 1 aromatic heterocycles. The lowest BCUT2D eigenvalue weighted by Gasteiger charge is -2.05. The molecule has 26 heavy (non-hydrogen) atoms. The zero-order chi connectivity index (χ0) is 18.7. The Morgan fingerprint density at radius 1 is 1.12 bits per heavy atom. The van der Waals surface area contributed by atoms with Crippen molar-refractivity contribution >= 4 is 40.8 Å². The minimum Gasteiger partial charge on any atom is -0.423 e. The molecule has 1 N–H and O–H groups in total. The number of carbonyl (C=O) groups excluding carboxylic acids is 2. The molecule has 0 aliphatic rings. The fraction of sp³-hybridized carbons (Fsp3) is 0.0556. The normalized spacial score (nSPS) is 10.4. The van der Waals surface area contributed by atoms with Crippen molar-refractivity contribution < 1.29 is 14.3 Å². The first-order chi connectivity index (χ1) is 12.4. The predicted octanol–water partition coefficient (Wildman–Crippen LogP) is 4.36. The molecular formula is C18H13Cl2N3O3. The van der Waals surface area contributed by atoms with E-state index in [9.17, 15) is 9.59 Å². The molecule has 8 heteroatoms. The van der Waals surface area contributed by atoms with Crippen LogP contribution in [-0.2, 0) is 4.79 Å². The van der Waals surface area contributed by atoms with Crippen LogP contribution in [0.4, 0.5) is 5.69 Å². The minimum atomic E-state index is -0.561. The van der Waals surface area contributed by atoms with Gasteiger partial charge in [-0.3, -0.25) is 4.79 Å². The Morgan fingerprint density at radius 2 is 1.85 bits per heavy atom. The van der Waals surface area contributed by atoms with Crippen molar-refractivity contribution in [3.8, 4) is 11.4 Å². The topological polar surface area (TPSA) is 73.2 Å². The van der Waals surface area contributed by atoms with Crippen LogP contribution >= 0.6 is 23.2 Å². The van der Waals surface area contributed by atoms with Crippen LogP contribution in [0.5, 0.6) is 5.75 Å². The van der Waals surface area contributed by atoms with Crippen molar-refractivity contribution in [2.45, 2.75) is 6.92 Å². The van der Waals surface area contributed by atoms with Crippen LogP contribution in [0, 0.1) is 0 Å². The molecule has 0 fully saturated rings. The zero-order valence-corrected chi connectivity index (χ0v) is 15.1. The summed E-state index contributed by atoms with van der Waals surface area (Å²) in [5, 5.41) is 7.68. The summed E-state index contributed by atoms with van der Waals surface area (Å²) in [6.45, 7) is 1.42. The highest BCUT2D eigenvalue weighted by molar-refractivity contribution is 6.35. The van der Waals surface area contributed by atoms with Crippen LogP contribution in [0.2, 0.25) is 10.0 Å². The Bertz CT molecular complexity index is 968. The molecule has 3 rings (SSSR count). The molecule has 0 unspecified atom stereocenters. The number of hydrogen-bond donors (Lipinski definition) is 1. The van der Waals surface area contributed by atoms with Crippen molar-refractivity contribution in [3.63, 3.8) is 0 Å². The number of esters is 1. The Hall–Kier alpha value is -2.83. The largest absolute Gasteiger partial charge is 0.423 e. The average Bonchev–Trinajstić information content (AvgIpc) is 3.06. The third-order valence-electron chi connectivity index (χ3n) is 3.36. The highest BCUT2D eigenvalue weighted by Crippen LogP contribution is 2.24. The van der Waals surface area contributed by atoms with Crippen molar-refractivity contribution in [3.05, 3.63) is 70.5 Å². The van der Waals surface area contributed by atoms with Gasteiger partial charge in [-0.05, 0) is 42.5 Å². The maximum atomic E-state index is 12.3. The van der Waals surface area contributed by atoms with Gasteiger partial charge in [0, 0.05) is 23.8 Å². The third-order valence-corrected chi connectivity index (χ3v) is 3.90. The lowest BCUT2D eigenvalue weighted by molar-refractivity contribution is -0.114. The van der Waals surface area contributed by atoms with Gasteiger partial charge in [-0.2, -0.15) is 5.10 Å². The number of nitrogens with one attached hydrogen (secondary N) is 1. The van der Waals surface area contributed by atoms with Gasteiger partial charge in [0.25, 0.3) is 0 Å². The number of rotatable bonds is 4. The Labute approximate surface area is 159 Å².